The van der Waals surface area contributed by atoms with Gasteiger partial charge in [0.2, 0.25) is 0 Å². The molecule has 0 aliphatic rings. The van der Waals surface area contributed by atoms with Crippen LogP contribution in [0.4, 0.5) is 5.69 Å². The molecule has 3 rings (SSSR count). The van der Waals surface area contributed by atoms with E-state index in [0.29, 0.717) is 36.0 Å². The lowest BCUT2D eigenvalue weighted by molar-refractivity contribution is -0.112. The number of halogens is 1. The van der Waals surface area contributed by atoms with Gasteiger partial charge in [0.1, 0.15) is 29.7 Å². The van der Waals surface area contributed by atoms with Crippen molar-refractivity contribution in [2.75, 3.05) is 11.9 Å². The van der Waals surface area contributed by atoms with E-state index in [9.17, 15) is 10.1 Å². The second-order valence-corrected chi connectivity index (χ2v) is 7.95. The molecule has 0 aromatic heterocycles. The predicted octanol–water partition coefficient (Wildman–Crippen LogP) is 6.28. The predicted molar refractivity (Wildman–Crippen MR) is 129 cm³/mol. The zero-order valence-corrected chi connectivity index (χ0v) is 19.5. The summed E-state index contributed by atoms with van der Waals surface area (Å²) in [5.74, 6) is 0.794. The molecule has 32 heavy (non-hydrogen) atoms. The highest BCUT2D eigenvalue weighted by molar-refractivity contribution is 9.10. The molecule has 0 atom stereocenters. The van der Waals surface area contributed by atoms with Crippen LogP contribution in [0.15, 0.2) is 76.8 Å². The van der Waals surface area contributed by atoms with Crippen molar-refractivity contribution in [2.45, 2.75) is 20.5 Å². The molecule has 0 aliphatic heterocycles. The largest absolute Gasteiger partial charge is 0.494 e. The molecule has 1 amide bonds. The monoisotopic (exact) mass is 490 g/mol. The van der Waals surface area contributed by atoms with Crippen LogP contribution >= 0.6 is 15.9 Å². The topological polar surface area (TPSA) is 71.3 Å². The Hall–Kier alpha value is -3.56. The SMILES string of the molecule is CCOc1ccc(NC(=O)/C(C#N)=C/c2cc(Br)ccc2OCc2ccc(C)cc2)cc1. The highest BCUT2D eigenvalue weighted by Gasteiger charge is 2.12. The molecule has 0 fully saturated rings. The minimum absolute atomic E-state index is 0.0304. The zero-order chi connectivity index (χ0) is 22.9. The summed E-state index contributed by atoms with van der Waals surface area (Å²) in [6, 6.07) is 22.5. The number of ether oxygens (including phenoxy) is 2. The van der Waals surface area contributed by atoms with Crippen LogP contribution in [0, 0.1) is 18.3 Å². The van der Waals surface area contributed by atoms with Gasteiger partial charge in [0.05, 0.1) is 6.61 Å². The van der Waals surface area contributed by atoms with Gasteiger partial charge in [-0.25, -0.2) is 0 Å². The lowest BCUT2D eigenvalue weighted by Gasteiger charge is -2.11. The molecule has 0 saturated carbocycles. The Morgan fingerprint density at radius 2 is 1.78 bits per heavy atom. The van der Waals surface area contributed by atoms with Crippen molar-refractivity contribution in [1.29, 1.82) is 5.26 Å². The van der Waals surface area contributed by atoms with Crippen molar-refractivity contribution in [2.24, 2.45) is 0 Å². The van der Waals surface area contributed by atoms with E-state index >= 15 is 0 Å². The Balaban J connectivity index is 1.77. The number of nitriles is 1. The maximum absolute atomic E-state index is 12.7. The lowest BCUT2D eigenvalue weighted by Crippen LogP contribution is -2.13. The summed E-state index contributed by atoms with van der Waals surface area (Å²) >= 11 is 3.44. The number of rotatable bonds is 8. The third-order valence-electron chi connectivity index (χ3n) is 4.57. The summed E-state index contributed by atoms with van der Waals surface area (Å²) in [4.78, 5) is 12.7. The maximum atomic E-state index is 12.7. The van der Waals surface area contributed by atoms with Crippen LogP contribution in [0.3, 0.4) is 0 Å². The number of aryl methyl sites for hydroxylation is 1. The Morgan fingerprint density at radius 3 is 2.44 bits per heavy atom. The van der Waals surface area contributed by atoms with Crippen LogP contribution in [0.25, 0.3) is 6.08 Å². The van der Waals surface area contributed by atoms with Gasteiger partial charge >= 0.3 is 0 Å². The Labute approximate surface area is 196 Å². The standard InChI is InChI=1S/C26H23BrN2O3/c1-3-31-24-11-9-23(10-12-24)29-26(30)21(16-28)14-20-15-22(27)8-13-25(20)32-17-19-6-4-18(2)5-7-19/h4-15H,3,17H2,1-2H3,(H,29,30)/b21-14+. The van der Waals surface area contributed by atoms with Gasteiger partial charge in [-0.05, 0) is 68.0 Å². The van der Waals surface area contributed by atoms with Gasteiger partial charge in [0.15, 0.2) is 0 Å². The molecule has 0 spiro atoms. The van der Waals surface area contributed by atoms with Gasteiger partial charge < -0.3 is 14.8 Å². The van der Waals surface area contributed by atoms with Crippen LogP contribution in [0.1, 0.15) is 23.6 Å². The van der Waals surface area contributed by atoms with Crippen molar-refractivity contribution in [3.63, 3.8) is 0 Å². The number of benzene rings is 3. The van der Waals surface area contributed by atoms with Crippen LogP contribution in [0.5, 0.6) is 11.5 Å². The van der Waals surface area contributed by atoms with E-state index in [1.54, 1.807) is 24.3 Å². The van der Waals surface area contributed by atoms with E-state index in [1.165, 1.54) is 11.6 Å². The van der Waals surface area contributed by atoms with Gasteiger partial charge in [-0.3, -0.25) is 4.79 Å². The van der Waals surface area contributed by atoms with E-state index in [-0.39, 0.29) is 5.57 Å². The Kier molecular flexibility index (Phi) is 8.07. The summed E-state index contributed by atoms with van der Waals surface area (Å²) in [7, 11) is 0. The third kappa shape index (κ3) is 6.47. The quantitative estimate of drug-likeness (QED) is 0.297. The first kappa shape index (κ1) is 23.1. The molecule has 0 heterocycles. The van der Waals surface area contributed by atoms with Gasteiger partial charge in [-0.1, -0.05) is 45.8 Å². The molecule has 5 nitrogen and oxygen atoms in total. The molecular formula is C26H23BrN2O3. The van der Waals surface area contributed by atoms with Crippen LogP contribution in [-0.4, -0.2) is 12.5 Å². The van der Waals surface area contributed by atoms with Crippen molar-refractivity contribution in [1.82, 2.24) is 0 Å². The van der Waals surface area contributed by atoms with Gasteiger partial charge in [0, 0.05) is 15.7 Å². The van der Waals surface area contributed by atoms with Crippen LogP contribution < -0.4 is 14.8 Å². The number of nitrogens with zero attached hydrogens (tertiary/aromatic N) is 1. The summed E-state index contributed by atoms with van der Waals surface area (Å²) in [5, 5.41) is 12.3. The highest BCUT2D eigenvalue weighted by Crippen LogP contribution is 2.27. The van der Waals surface area contributed by atoms with Gasteiger partial charge in [0.25, 0.3) is 5.91 Å². The number of hydrogen-bond acceptors (Lipinski definition) is 4. The highest BCUT2D eigenvalue weighted by atomic mass is 79.9. The number of carbonyl (C=O) groups excluding carboxylic acids is 1. The van der Waals surface area contributed by atoms with E-state index in [0.717, 1.165) is 10.0 Å². The van der Waals surface area contributed by atoms with E-state index in [4.69, 9.17) is 9.47 Å². The summed E-state index contributed by atoms with van der Waals surface area (Å²) in [6.07, 6.45) is 1.53. The number of hydrogen-bond donors (Lipinski definition) is 1. The maximum Gasteiger partial charge on any atom is 0.266 e. The molecule has 3 aromatic rings. The van der Waals surface area contributed by atoms with Crippen LogP contribution in [-0.2, 0) is 11.4 Å². The van der Waals surface area contributed by atoms with E-state index < -0.39 is 5.91 Å². The molecular weight excluding hydrogens is 468 g/mol. The average Bonchev–Trinajstić information content (AvgIpc) is 2.79. The minimum atomic E-state index is -0.499. The second-order valence-electron chi connectivity index (χ2n) is 7.04. The molecule has 0 radical (unpaired) electrons. The number of carbonyl (C=O) groups is 1. The van der Waals surface area contributed by atoms with Crippen LogP contribution in [0.2, 0.25) is 0 Å². The fourth-order valence-corrected chi connectivity index (χ4v) is 3.29. The Bertz CT molecular complexity index is 1150. The van der Waals surface area contributed by atoms with Crippen molar-refractivity contribution < 1.29 is 14.3 Å². The lowest BCUT2D eigenvalue weighted by atomic mass is 10.1. The number of nitrogens with one attached hydrogen (secondary N) is 1. The van der Waals surface area contributed by atoms with Crippen molar-refractivity contribution >= 4 is 33.6 Å². The average molecular weight is 491 g/mol. The fourth-order valence-electron chi connectivity index (χ4n) is 2.91. The first-order chi connectivity index (χ1) is 15.5. The first-order valence-corrected chi connectivity index (χ1v) is 10.9. The third-order valence-corrected chi connectivity index (χ3v) is 5.07. The smallest absolute Gasteiger partial charge is 0.266 e. The molecule has 0 bridgehead atoms. The van der Waals surface area contributed by atoms with Gasteiger partial charge in [-0.2, -0.15) is 5.26 Å². The molecule has 0 aliphatic carbocycles. The second kappa shape index (κ2) is 11.2. The molecule has 6 heteroatoms. The number of amides is 1. The fraction of sp³-hybridized carbons (Fsp3) is 0.154. The Morgan fingerprint density at radius 1 is 1.06 bits per heavy atom. The minimum Gasteiger partial charge on any atom is -0.494 e. The zero-order valence-electron chi connectivity index (χ0n) is 17.9. The van der Waals surface area contributed by atoms with Crippen molar-refractivity contribution in [3.8, 4) is 17.6 Å². The summed E-state index contributed by atoms with van der Waals surface area (Å²) in [5.41, 5.74) is 3.38. The molecule has 1 N–H and O–H groups in total. The van der Waals surface area contributed by atoms with Gasteiger partial charge in [-0.15, -0.1) is 0 Å². The van der Waals surface area contributed by atoms with E-state index in [1.807, 2.05) is 62.4 Å². The molecule has 3 aromatic carbocycles. The first-order valence-electron chi connectivity index (χ1n) is 10.1. The summed E-state index contributed by atoms with van der Waals surface area (Å²) in [6.45, 7) is 4.88. The number of anilines is 1. The normalized spacial score (nSPS) is 10.9. The van der Waals surface area contributed by atoms with E-state index in [2.05, 4.69) is 21.2 Å². The summed E-state index contributed by atoms with van der Waals surface area (Å²) < 4.78 is 12.2. The molecule has 0 unspecified atom stereocenters. The van der Waals surface area contributed by atoms with Crippen molar-refractivity contribution in [3.05, 3.63) is 93.5 Å². The molecule has 0 saturated heterocycles. The molecule has 162 valence electrons.